The van der Waals surface area contributed by atoms with E-state index in [-0.39, 0.29) is 24.0 Å². The third kappa shape index (κ3) is 10.5. The number of rotatable bonds is 4. The average molecular weight is 274 g/mol. The molecule has 0 aromatic carbocycles. The first-order valence-electron chi connectivity index (χ1n) is 6.61. The lowest BCUT2D eigenvalue weighted by Crippen LogP contribution is -2.41. The van der Waals surface area contributed by atoms with Crippen LogP contribution in [0.1, 0.15) is 33.6 Å². The molecule has 1 aliphatic heterocycles. The van der Waals surface area contributed by atoms with E-state index in [0.717, 1.165) is 25.9 Å². The monoisotopic (exact) mass is 274 g/mol. The number of piperidine rings is 1. The largest absolute Gasteiger partial charge is 0.462 e. The lowest BCUT2D eigenvalue weighted by atomic mass is 9.99. The lowest BCUT2D eigenvalue weighted by molar-refractivity contribution is -0.138. The van der Waals surface area contributed by atoms with Crippen molar-refractivity contribution in [3.8, 4) is 0 Å². The number of ether oxygens (including phenoxy) is 1. The number of aliphatic hydroxyl groups is 1. The van der Waals surface area contributed by atoms with Gasteiger partial charge < -0.3 is 20.5 Å². The highest BCUT2D eigenvalue weighted by atomic mass is 16.5. The van der Waals surface area contributed by atoms with E-state index in [1.54, 1.807) is 0 Å². The molecule has 6 nitrogen and oxygen atoms in total. The Morgan fingerprint density at radius 2 is 2.21 bits per heavy atom. The number of carbonyl (C=O) groups excluding carboxylic acids is 2. The maximum absolute atomic E-state index is 11.3. The number of hydrogen-bond donors (Lipinski definition) is 3. The summed E-state index contributed by atoms with van der Waals surface area (Å²) in [4.78, 5) is 20.9. The van der Waals surface area contributed by atoms with E-state index in [4.69, 9.17) is 5.11 Å². The van der Waals surface area contributed by atoms with Crippen molar-refractivity contribution in [3.05, 3.63) is 0 Å². The Morgan fingerprint density at radius 3 is 2.58 bits per heavy atom. The van der Waals surface area contributed by atoms with E-state index in [1.165, 1.54) is 0 Å². The Labute approximate surface area is 114 Å². The molecule has 6 heteroatoms. The normalized spacial score (nSPS) is 18.8. The van der Waals surface area contributed by atoms with Crippen molar-refractivity contribution in [3.63, 3.8) is 0 Å². The molecule has 0 radical (unpaired) electrons. The van der Waals surface area contributed by atoms with Crippen LogP contribution in [-0.4, -0.2) is 49.3 Å². The van der Waals surface area contributed by atoms with Crippen molar-refractivity contribution in [2.24, 2.45) is 5.92 Å². The van der Waals surface area contributed by atoms with Crippen LogP contribution in [-0.2, 0) is 14.3 Å². The van der Waals surface area contributed by atoms with Gasteiger partial charge in [0.05, 0.1) is 12.5 Å². The fourth-order valence-electron chi connectivity index (χ4n) is 1.54. The molecule has 1 rings (SSSR count). The van der Waals surface area contributed by atoms with Crippen LogP contribution < -0.4 is 10.6 Å². The van der Waals surface area contributed by atoms with Crippen LogP contribution in [0.3, 0.4) is 0 Å². The molecule has 0 bridgehead atoms. The molecule has 0 unspecified atom stereocenters. The minimum Gasteiger partial charge on any atom is -0.462 e. The van der Waals surface area contributed by atoms with Gasteiger partial charge in [0.25, 0.3) is 6.47 Å². The molecule has 1 amide bonds. The molecule has 3 N–H and O–H groups in total. The van der Waals surface area contributed by atoms with Gasteiger partial charge in [-0.3, -0.25) is 9.59 Å². The number of nitrogens with one attached hydrogen (secondary N) is 2. The maximum Gasteiger partial charge on any atom is 0.293 e. The predicted molar refractivity (Wildman–Crippen MR) is 72.6 cm³/mol. The van der Waals surface area contributed by atoms with Gasteiger partial charge in [-0.25, -0.2) is 0 Å². The second-order valence-corrected chi connectivity index (χ2v) is 5.38. The van der Waals surface area contributed by atoms with Gasteiger partial charge in [-0.05, 0) is 40.2 Å². The molecule has 0 aromatic heterocycles. The number of hydrogen-bond acceptors (Lipinski definition) is 5. The summed E-state index contributed by atoms with van der Waals surface area (Å²) in [5.41, 5.74) is -0.318. The molecule has 0 spiro atoms. The highest BCUT2D eigenvalue weighted by Gasteiger charge is 2.19. The van der Waals surface area contributed by atoms with Crippen LogP contribution >= 0.6 is 0 Å². The third-order valence-electron chi connectivity index (χ3n) is 2.48. The topological polar surface area (TPSA) is 87.7 Å². The van der Waals surface area contributed by atoms with E-state index >= 15 is 0 Å². The van der Waals surface area contributed by atoms with Gasteiger partial charge in [0.1, 0.15) is 5.60 Å². The van der Waals surface area contributed by atoms with E-state index in [1.807, 2.05) is 20.8 Å². The predicted octanol–water partition coefficient (Wildman–Crippen LogP) is 0.0524. The Morgan fingerprint density at radius 1 is 1.53 bits per heavy atom. The molecule has 19 heavy (non-hydrogen) atoms. The SMILES string of the molecule is CC(C)(C)OC=O.O=C(NCCO)[C@H]1CCCNC1. The molecule has 1 fully saturated rings. The molecule has 1 atom stereocenters. The smallest absolute Gasteiger partial charge is 0.293 e. The van der Waals surface area contributed by atoms with E-state index in [9.17, 15) is 9.59 Å². The number of amides is 1. The van der Waals surface area contributed by atoms with Crippen LogP contribution in [0.2, 0.25) is 0 Å². The Hall–Kier alpha value is -1.14. The van der Waals surface area contributed by atoms with Gasteiger partial charge in [0.15, 0.2) is 0 Å². The van der Waals surface area contributed by atoms with Crippen molar-refractivity contribution in [1.29, 1.82) is 0 Å². The summed E-state index contributed by atoms with van der Waals surface area (Å²) in [5.74, 6) is 0.168. The standard InChI is InChI=1S/C8H16N2O2.C5H10O2/c11-5-4-10-8(12)7-2-1-3-9-6-7;1-5(2,3)7-4-6/h7,9,11H,1-6H2,(H,10,12);4H,1-3H3/t7-;/m0./s1. The Bertz CT molecular complexity index is 258. The summed E-state index contributed by atoms with van der Waals surface area (Å²) in [6.45, 7) is 8.10. The van der Waals surface area contributed by atoms with Crippen molar-refractivity contribution in [1.82, 2.24) is 10.6 Å². The zero-order valence-corrected chi connectivity index (χ0v) is 12.1. The number of carbonyl (C=O) groups is 2. The first-order chi connectivity index (χ1) is 8.90. The van der Waals surface area contributed by atoms with Crippen LogP contribution in [0, 0.1) is 5.92 Å². The lowest BCUT2D eigenvalue weighted by Gasteiger charge is -2.21. The van der Waals surface area contributed by atoms with Gasteiger partial charge >= 0.3 is 0 Å². The van der Waals surface area contributed by atoms with Crippen LogP contribution in [0.5, 0.6) is 0 Å². The minimum atomic E-state index is -0.318. The van der Waals surface area contributed by atoms with Crippen molar-refractivity contribution < 1.29 is 19.4 Å². The van der Waals surface area contributed by atoms with E-state index < -0.39 is 0 Å². The molecule has 1 saturated heterocycles. The third-order valence-corrected chi connectivity index (χ3v) is 2.48. The summed E-state index contributed by atoms with van der Waals surface area (Å²) in [6.07, 6.45) is 2.03. The first-order valence-corrected chi connectivity index (χ1v) is 6.61. The molecule has 1 aliphatic rings. The average Bonchev–Trinajstić information content (AvgIpc) is 2.36. The number of aliphatic hydroxyl groups excluding tert-OH is 1. The van der Waals surface area contributed by atoms with E-state index in [2.05, 4.69) is 15.4 Å². The van der Waals surface area contributed by atoms with Crippen LogP contribution in [0.25, 0.3) is 0 Å². The minimum absolute atomic E-state index is 0.0197. The second kappa shape index (κ2) is 9.75. The van der Waals surface area contributed by atoms with E-state index in [0.29, 0.717) is 13.0 Å². The summed E-state index contributed by atoms with van der Waals surface area (Å²) < 4.78 is 4.55. The zero-order valence-electron chi connectivity index (χ0n) is 12.1. The second-order valence-electron chi connectivity index (χ2n) is 5.38. The molecular formula is C13H26N2O4. The van der Waals surface area contributed by atoms with Gasteiger partial charge in [0.2, 0.25) is 5.91 Å². The van der Waals surface area contributed by atoms with Crippen LogP contribution in [0.4, 0.5) is 0 Å². The van der Waals surface area contributed by atoms with Crippen molar-refractivity contribution in [2.45, 2.75) is 39.2 Å². The highest BCUT2D eigenvalue weighted by molar-refractivity contribution is 5.78. The fraction of sp³-hybridized carbons (Fsp3) is 0.846. The fourth-order valence-corrected chi connectivity index (χ4v) is 1.54. The summed E-state index contributed by atoms with van der Waals surface area (Å²) in [5, 5.41) is 14.3. The van der Waals surface area contributed by atoms with Crippen LogP contribution in [0.15, 0.2) is 0 Å². The summed E-state index contributed by atoms with van der Waals surface area (Å²) in [7, 11) is 0. The van der Waals surface area contributed by atoms with Gasteiger partial charge in [-0.15, -0.1) is 0 Å². The van der Waals surface area contributed by atoms with Crippen molar-refractivity contribution >= 4 is 12.4 Å². The Balaban J connectivity index is 0.000000399. The quantitative estimate of drug-likeness (QED) is 0.631. The molecule has 0 aromatic rings. The van der Waals surface area contributed by atoms with Gasteiger partial charge in [-0.2, -0.15) is 0 Å². The first kappa shape index (κ1) is 17.9. The van der Waals surface area contributed by atoms with Gasteiger partial charge in [-0.1, -0.05) is 0 Å². The summed E-state index contributed by atoms with van der Waals surface area (Å²) >= 11 is 0. The van der Waals surface area contributed by atoms with Gasteiger partial charge in [0, 0.05) is 13.1 Å². The van der Waals surface area contributed by atoms with Crippen molar-refractivity contribution in [2.75, 3.05) is 26.2 Å². The molecule has 0 aliphatic carbocycles. The molecule has 112 valence electrons. The summed E-state index contributed by atoms with van der Waals surface area (Å²) in [6, 6.07) is 0. The zero-order chi connectivity index (χ0) is 14.7. The molecule has 0 saturated carbocycles. The highest BCUT2D eigenvalue weighted by Crippen LogP contribution is 2.09. The Kier molecular flexibility index (Phi) is 9.16. The molecule has 1 heterocycles. The molecular weight excluding hydrogens is 248 g/mol. The maximum atomic E-state index is 11.3.